The largest absolute Gasteiger partial charge is 0.364 e. The molecule has 1 fully saturated rings. The van der Waals surface area contributed by atoms with Gasteiger partial charge in [0.25, 0.3) is 0 Å². The van der Waals surface area contributed by atoms with Crippen LogP contribution in [0.25, 0.3) is 10.9 Å². The Morgan fingerprint density at radius 1 is 1.17 bits per heavy atom. The van der Waals surface area contributed by atoms with Gasteiger partial charge in [-0.3, -0.25) is 9.97 Å². The zero-order valence-corrected chi connectivity index (χ0v) is 13.7. The van der Waals surface area contributed by atoms with Gasteiger partial charge >= 0.3 is 0 Å². The molecule has 0 amide bonds. The van der Waals surface area contributed by atoms with Crippen LogP contribution in [0.3, 0.4) is 0 Å². The summed E-state index contributed by atoms with van der Waals surface area (Å²) in [6.07, 6.45) is 6.82. The molecular formula is C19H18ClN3. The summed E-state index contributed by atoms with van der Waals surface area (Å²) < 4.78 is 0. The number of hydrogen-bond donors (Lipinski definition) is 0. The highest BCUT2D eigenvalue weighted by atomic mass is 35.5. The lowest BCUT2D eigenvalue weighted by molar-refractivity contribution is 0.617. The number of halogens is 1. The lowest BCUT2D eigenvalue weighted by Gasteiger charge is -2.28. The fraction of sp³-hybridized carbons (Fsp3) is 0.263. The van der Waals surface area contributed by atoms with Gasteiger partial charge in [0.05, 0.1) is 11.6 Å². The minimum absolute atomic E-state index is 0.350. The molecule has 1 saturated heterocycles. The molecule has 0 bridgehead atoms. The standard InChI is InChI=1S/C19H18ClN3/c1-13-9-19(14-3-2-7-21-11-14)23(12-13)18-6-8-22-17-5-4-15(20)10-16(17)18/h2-8,10-11,13,19H,9,12H2,1H3. The molecule has 2 atom stereocenters. The maximum Gasteiger partial charge on any atom is 0.0723 e. The topological polar surface area (TPSA) is 29.0 Å². The lowest BCUT2D eigenvalue weighted by Crippen LogP contribution is -2.23. The summed E-state index contributed by atoms with van der Waals surface area (Å²) in [7, 11) is 0. The second-order valence-electron chi connectivity index (χ2n) is 6.29. The Labute approximate surface area is 140 Å². The van der Waals surface area contributed by atoms with Gasteiger partial charge in [-0.15, -0.1) is 0 Å². The number of nitrogens with zero attached hydrogens (tertiary/aromatic N) is 3. The van der Waals surface area contributed by atoms with E-state index in [4.69, 9.17) is 11.6 Å². The van der Waals surface area contributed by atoms with E-state index in [2.05, 4.69) is 33.9 Å². The summed E-state index contributed by atoms with van der Waals surface area (Å²) in [4.78, 5) is 11.2. The third-order valence-electron chi connectivity index (χ3n) is 4.57. The van der Waals surface area contributed by atoms with E-state index < -0.39 is 0 Å². The molecule has 3 nitrogen and oxygen atoms in total. The van der Waals surface area contributed by atoms with Crippen LogP contribution in [0.2, 0.25) is 5.02 Å². The SMILES string of the molecule is CC1CC(c2cccnc2)N(c2ccnc3ccc(Cl)cc23)C1. The maximum absolute atomic E-state index is 6.22. The van der Waals surface area contributed by atoms with Gasteiger partial charge in [0, 0.05) is 41.2 Å². The Morgan fingerprint density at radius 2 is 2.09 bits per heavy atom. The summed E-state index contributed by atoms with van der Waals surface area (Å²) in [5, 5.41) is 1.86. The van der Waals surface area contributed by atoms with Gasteiger partial charge in [-0.2, -0.15) is 0 Å². The highest BCUT2D eigenvalue weighted by Gasteiger charge is 2.32. The number of pyridine rings is 2. The molecular weight excluding hydrogens is 306 g/mol. The normalized spacial score (nSPS) is 21.0. The van der Waals surface area contributed by atoms with Crippen molar-refractivity contribution in [2.24, 2.45) is 5.92 Å². The summed E-state index contributed by atoms with van der Waals surface area (Å²) in [6, 6.07) is 12.5. The van der Waals surface area contributed by atoms with Gasteiger partial charge in [-0.05, 0) is 48.2 Å². The van der Waals surface area contributed by atoms with Crippen molar-refractivity contribution in [3.8, 4) is 0 Å². The summed E-state index contributed by atoms with van der Waals surface area (Å²) in [6.45, 7) is 3.34. The van der Waals surface area contributed by atoms with Crippen LogP contribution in [-0.4, -0.2) is 16.5 Å². The van der Waals surface area contributed by atoms with E-state index in [0.29, 0.717) is 12.0 Å². The average Bonchev–Trinajstić information content (AvgIpc) is 2.97. The molecule has 1 aromatic carbocycles. The van der Waals surface area contributed by atoms with Crippen LogP contribution in [0, 0.1) is 5.92 Å². The van der Waals surface area contributed by atoms with E-state index in [-0.39, 0.29) is 0 Å². The number of hydrogen-bond acceptors (Lipinski definition) is 3. The third kappa shape index (κ3) is 2.66. The average molecular weight is 324 g/mol. The van der Waals surface area contributed by atoms with Crippen molar-refractivity contribution in [3.05, 3.63) is 65.6 Å². The van der Waals surface area contributed by atoms with Crippen molar-refractivity contribution >= 4 is 28.2 Å². The van der Waals surface area contributed by atoms with Gasteiger partial charge < -0.3 is 4.90 Å². The zero-order chi connectivity index (χ0) is 15.8. The van der Waals surface area contributed by atoms with Crippen molar-refractivity contribution < 1.29 is 0 Å². The quantitative estimate of drug-likeness (QED) is 0.673. The number of benzene rings is 1. The van der Waals surface area contributed by atoms with E-state index in [1.54, 1.807) is 0 Å². The van der Waals surface area contributed by atoms with Crippen LogP contribution in [-0.2, 0) is 0 Å². The number of fused-ring (bicyclic) bond motifs is 1. The molecule has 0 spiro atoms. The van der Waals surface area contributed by atoms with E-state index in [1.165, 1.54) is 11.3 Å². The van der Waals surface area contributed by atoms with Crippen molar-refractivity contribution in [3.63, 3.8) is 0 Å². The molecule has 2 aromatic heterocycles. The highest BCUT2D eigenvalue weighted by molar-refractivity contribution is 6.31. The van der Waals surface area contributed by atoms with E-state index in [1.807, 2.05) is 42.9 Å². The predicted octanol–water partition coefficient (Wildman–Crippen LogP) is 4.87. The Morgan fingerprint density at radius 3 is 2.91 bits per heavy atom. The highest BCUT2D eigenvalue weighted by Crippen LogP contribution is 2.41. The first-order valence-electron chi connectivity index (χ1n) is 7.93. The van der Waals surface area contributed by atoms with Gasteiger partial charge in [-0.25, -0.2) is 0 Å². The second kappa shape index (κ2) is 5.82. The molecule has 3 heterocycles. The minimum atomic E-state index is 0.350. The summed E-state index contributed by atoms with van der Waals surface area (Å²) in [5.74, 6) is 0.641. The van der Waals surface area contributed by atoms with Gasteiger partial charge in [0.15, 0.2) is 0 Å². The molecule has 4 heteroatoms. The Hall–Kier alpha value is -2.13. The molecule has 0 saturated carbocycles. The van der Waals surface area contributed by atoms with Crippen LogP contribution in [0.1, 0.15) is 24.9 Å². The molecule has 1 aliphatic heterocycles. The van der Waals surface area contributed by atoms with Crippen LogP contribution in [0.5, 0.6) is 0 Å². The first kappa shape index (κ1) is 14.5. The molecule has 0 N–H and O–H groups in total. The van der Waals surface area contributed by atoms with Gasteiger partial charge in [-0.1, -0.05) is 24.6 Å². The Kier molecular flexibility index (Phi) is 3.66. The minimum Gasteiger partial charge on any atom is -0.364 e. The Bertz CT molecular complexity index is 834. The van der Waals surface area contributed by atoms with Gasteiger partial charge in [0.2, 0.25) is 0 Å². The van der Waals surface area contributed by atoms with Crippen molar-refractivity contribution in [1.82, 2.24) is 9.97 Å². The molecule has 116 valence electrons. The van der Waals surface area contributed by atoms with Crippen LogP contribution < -0.4 is 4.90 Å². The molecule has 23 heavy (non-hydrogen) atoms. The van der Waals surface area contributed by atoms with Crippen molar-refractivity contribution in [2.75, 3.05) is 11.4 Å². The van der Waals surface area contributed by atoms with Crippen LogP contribution >= 0.6 is 11.6 Å². The second-order valence-corrected chi connectivity index (χ2v) is 6.72. The maximum atomic E-state index is 6.22. The lowest BCUT2D eigenvalue weighted by atomic mass is 10.0. The summed E-state index contributed by atoms with van der Waals surface area (Å²) >= 11 is 6.22. The molecule has 0 aliphatic carbocycles. The smallest absolute Gasteiger partial charge is 0.0723 e. The fourth-order valence-corrected chi connectivity index (χ4v) is 3.73. The van der Waals surface area contributed by atoms with Crippen LogP contribution in [0.15, 0.2) is 55.0 Å². The van der Waals surface area contributed by atoms with E-state index in [0.717, 1.165) is 28.9 Å². The molecule has 4 rings (SSSR count). The predicted molar refractivity (Wildman–Crippen MR) is 94.9 cm³/mol. The zero-order valence-electron chi connectivity index (χ0n) is 13.0. The van der Waals surface area contributed by atoms with Crippen LogP contribution in [0.4, 0.5) is 5.69 Å². The fourth-order valence-electron chi connectivity index (χ4n) is 3.56. The third-order valence-corrected chi connectivity index (χ3v) is 4.80. The first-order valence-corrected chi connectivity index (χ1v) is 8.31. The van der Waals surface area contributed by atoms with Crippen molar-refractivity contribution in [1.29, 1.82) is 0 Å². The number of anilines is 1. The molecule has 3 aromatic rings. The molecule has 0 radical (unpaired) electrons. The molecule has 1 aliphatic rings. The summed E-state index contributed by atoms with van der Waals surface area (Å²) in [5.41, 5.74) is 3.45. The van der Waals surface area contributed by atoms with Gasteiger partial charge in [0.1, 0.15) is 0 Å². The van der Waals surface area contributed by atoms with E-state index >= 15 is 0 Å². The number of aromatic nitrogens is 2. The van der Waals surface area contributed by atoms with Crippen molar-refractivity contribution in [2.45, 2.75) is 19.4 Å². The first-order chi connectivity index (χ1) is 11.2. The monoisotopic (exact) mass is 323 g/mol. The number of rotatable bonds is 2. The van der Waals surface area contributed by atoms with E-state index in [9.17, 15) is 0 Å². The molecule has 2 unspecified atom stereocenters. The Balaban J connectivity index is 1.84.